The molecule has 0 radical (unpaired) electrons. The van der Waals surface area contributed by atoms with Crippen LogP contribution in [0.15, 0.2) is 48.6 Å². The molecule has 1 N–H and O–H groups in total. The van der Waals surface area contributed by atoms with Crippen LogP contribution in [0.4, 0.5) is 4.79 Å². The van der Waals surface area contributed by atoms with Crippen LogP contribution in [-0.2, 0) is 11.3 Å². The quantitative estimate of drug-likeness (QED) is 0.748. The van der Waals surface area contributed by atoms with Gasteiger partial charge in [0.25, 0.3) is 5.91 Å². The maximum atomic E-state index is 12.6. The molecule has 0 bridgehead atoms. The molecule has 0 saturated heterocycles. The number of pyridine rings is 1. The smallest absolute Gasteiger partial charge is 0.407 e. The number of hydrogen-bond donors (Lipinski definition) is 1. The molecule has 2 aromatic rings. The molecule has 158 valence electrons. The van der Waals surface area contributed by atoms with Crippen molar-refractivity contribution >= 4 is 12.0 Å². The van der Waals surface area contributed by atoms with Crippen LogP contribution >= 0.6 is 0 Å². The Kier molecular flexibility index (Phi) is 6.40. The van der Waals surface area contributed by atoms with Crippen LogP contribution < -0.4 is 10.1 Å². The summed E-state index contributed by atoms with van der Waals surface area (Å²) in [5, 5.41) is 2.73. The standard InChI is InChI=1S/C23H27N3O4/c1-16-12-17(15-24-22(28)30-23(2,3)4)13-20(25-16)29-19-9-7-8-18(14-19)21(27)26-10-5-6-11-26/h5-9,12-14H,10-11,15H2,1-4H3,(H,24,28). The third-order valence-corrected chi connectivity index (χ3v) is 4.23. The molecule has 0 saturated carbocycles. The second-order valence-corrected chi connectivity index (χ2v) is 8.12. The molecule has 7 nitrogen and oxygen atoms in total. The van der Waals surface area contributed by atoms with Crippen LogP contribution in [0.2, 0.25) is 0 Å². The molecule has 2 amide bonds. The van der Waals surface area contributed by atoms with Crippen LogP contribution in [0.25, 0.3) is 0 Å². The minimum Gasteiger partial charge on any atom is -0.444 e. The predicted octanol–water partition coefficient (Wildman–Crippen LogP) is 4.22. The lowest BCUT2D eigenvalue weighted by Crippen LogP contribution is -2.32. The molecule has 0 fully saturated rings. The van der Waals surface area contributed by atoms with Crippen molar-refractivity contribution in [3.63, 3.8) is 0 Å². The number of carbonyl (C=O) groups excluding carboxylic acids is 2. The van der Waals surface area contributed by atoms with Crippen molar-refractivity contribution in [3.8, 4) is 11.6 Å². The molecule has 1 aliphatic heterocycles. The van der Waals surface area contributed by atoms with Crippen LogP contribution in [-0.4, -0.2) is 40.6 Å². The molecule has 2 heterocycles. The van der Waals surface area contributed by atoms with Gasteiger partial charge in [-0.15, -0.1) is 0 Å². The van der Waals surface area contributed by atoms with Gasteiger partial charge in [0.05, 0.1) is 0 Å². The van der Waals surface area contributed by atoms with Gasteiger partial charge in [0.15, 0.2) is 0 Å². The Morgan fingerprint density at radius 1 is 1.13 bits per heavy atom. The van der Waals surface area contributed by atoms with E-state index in [2.05, 4.69) is 10.3 Å². The van der Waals surface area contributed by atoms with E-state index in [1.807, 2.05) is 45.9 Å². The molecule has 0 aliphatic carbocycles. The van der Waals surface area contributed by atoms with E-state index in [0.717, 1.165) is 11.3 Å². The van der Waals surface area contributed by atoms with Gasteiger partial charge in [-0.25, -0.2) is 9.78 Å². The van der Waals surface area contributed by atoms with Gasteiger partial charge in [-0.2, -0.15) is 0 Å². The number of nitrogens with zero attached hydrogens (tertiary/aromatic N) is 2. The average Bonchev–Trinajstić information content (AvgIpc) is 3.19. The summed E-state index contributed by atoms with van der Waals surface area (Å²) in [7, 11) is 0. The van der Waals surface area contributed by atoms with Crippen molar-refractivity contribution in [3.05, 3.63) is 65.4 Å². The molecule has 1 aliphatic rings. The Hall–Kier alpha value is -3.35. The summed E-state index contributed by atoms with van der Waals surface area (Å²) in [6.45, 7) is 8.82. The highest BCUT2D eigenvalue weighted by Crippen LogP contribution is 2.23. The first-order valence-electron chi connectivity index (χ1n) is 9.86. The fourth-order valence-corrected chi connectivity index (χ4v) is 2.99. The minimum atomic E-state index is -0.555. The zero-order valence-electron chi connectivity index (χ0n) is 17.8. The first-order valence-corrected chi connectivity index (χ1v) is 9.86. The average molecular weight is 409 g/mol. The van der Waals surface area contributed by atoms with E-state index in [1.165, 1.54) is 0 Å². The molecule has 0 unspecified atom stereocenters. The third kappa shape index (κ3) is 6.07. The van der Waals surface area contributed by atoms with Crippen molar-refractivity contribution in [1.82, 2.24) is 15.2 Å². The van der Waals surface area contributed by atoms with Gasteiger partial charge in [0, 0.05) is 37.0 Å². The molecule has 1 aromatic carbocycles. The zero-order chi connectivity index (χ0) is 21.7. The Labute approximate surface area is 176 Å². The monoisotopic (exact) mass is 409 g/mol. The largest absolute Gasteiger partial charge is 0.444 e. The highest BCUT2D eigenvalue weighted by molar-refractivity contribution is 5.95. The minimum absolute atomic E-state index is 0.0371. The predicted molar refractivity (Wildman–Crippen MR) is 114 cm³/mol. The van der Waals surface area contributed by atoms with Crippen LogP contribution in [0.3, 0.4) is 0 Å². The van der Waals surface area contributed by atoms with E-state index in [4.69, 9.17) is 9.47 Å². The Morgan fingerprint density at radius 3 is 2.57 bits per heavy atom. The highest BCUT2D eigenvalue weighted by Gasteiger charge is 2.18. The number of amides is 2. The van der Waals surface area contributed by atoms with Crippen molar-refractivity contribution in [2.75, 3.05) is 13.1 Å². The lowest BCUT2D eigenvalue weighted by molar-refractivity contribution is 0.0523. The second-order valence-electron chi connectivity index (χ2n) is 8.12. The number of ether oxygens (including phenoxy) is 2. The molecular formula is C23H27N3O4. The summed E-state index contributed by atoms with van der Waals surface area (Å²) in [6.07, 6.45) is 3.46. The van der Waals surface area contributed by atoms with Crippen LogP contribution in [0, 0.1) is 6.92 Å². The summed E-state index contributed by atoms with van der Waals surface area (Å²) in [6, 6.07) is 10.7. The number of aryl methyl sites for hydroxylation is 1. The summed E-state index contributed by atoms with van der Waals surface area (Å²) in [4.78, 5) is 30.6. The molecule has 0 atom stereocenters. The van der Waals surface area contributed by atoms with Crippen molar-refractivity contribution in [2.45, 2.75) is 39.8 Å². The summed E-state index contributed by atoms with van der Waals surface area (Å²) in [5.74, 6) is 0.880. The van der Waals surface area contributed by atoms with E-state index in [0.29, 0.717) is 30.3 Å². The summed E-state index contributed by atoms with van der Waals surface area (Å²) >= 11 is 0. The highest BCUT2D eigenvalue weighted by atomic mass is 16.6. The van der Waals surface area contributed by atoms with Gasteiger partial charge in [-0.1, -0.05) is 18.2 Å². The maximum absolute atomic E-state index is 12.6. The lowest BCUT2D eigenvalue weighted by atomic mass is 10.2. The van der Waals surface area contributed by atoms with E-state index < -0.39 is 11.7 Å². The van der Waals surface area contributed by atoms with E-state index in [9.17, 15) is 9.59 Å². The zero-order valence-corrected chi connectivity index (χ0v) is 17.8. The molecular weight excluding hydrogens is 382 g/mol. The van der Waals surface area contributed by atoms with Crippen molar-refractivity contribution in [2.24, 2.45) is 0 Å². The summed E-state index contributed by atoms with van der Waals surface area (Å²) in [5.41, 5.74) is 1.60. The SMILES string of the molecule is Cc1cc(CNC(=O)OC(C)(C)C)cc(Oc2cccc(C(=O)N3CC=CC3)c2)n1. The number of benzene rings is 1. The van der Waals surface area contributed by atoms with Crippen molar-refractivity contribution in [1.29, 1.82) is 0 Å². The lowest BCUT2D eigenvalue weighted by Gasteiger charge is -2.19. The molecule has 3 rings (SSSR count). The fourth-order valence-electron chi connectivity index (χ4n) is 2.99. The van der Waals surface area contributed by atoms with Crippen molar-refractivity contribution < 1.29 is 19.1 Å². The van der Waals surface area contributed by atoms with Gasteiger partial charge < -0.3 is 19.7 Å². The fraction of sp³-hybridized carbons (Fsp3) is 0.348. The Bertz CT molecular complexity index is 955. The molecule has 1 aromatic heterocycles. The number of rotatable bonds is 5. The topological polar surface area (TPSA) is 80.8 Å². The Balaban J connectivity index is 1.67. The molecule has 30 heavy (non-hydrogen) atoms. The Morgan fingerprint density at radius 2 is 1.87 bits per heavy atom. The van der Waals surface area contributed by atoms with Crippen LogP contribution in [0.1, 0.15) is 42.4 Å². The summed E-state index contributed by atoms with van der Waals surface area (Å²) < 4.78 is 11.2. The third-order valence-electron chi connectivity index (χ3n) is 4.23. The van der Waals surface area contributed by atoms with Gasteiger partial charge in [-0.05, 0) is 57.5 Å². The van der Waals surface area contributed by atoms with E-state index in [-0.39, 0.29) is 12.5 Å². The number of hydrogen-bond acceptors (Lipinski definition) is 5. The number of carbonyl (C=O) groups is 2. The van der Waals surface area contributed by atoms with E-state index >= 15 is 0 Å². The van der Waals surface area contributed by atoms with Gasteiger partial charge >= 0.3 is 6.09 Å². The first kappa shape index (κ1) is 21.4. The van der Waals surface area contributed by atoms with Gasteiger partial charge in [-0.3, -0.25) is 4.79 Å². The normalized spacial score (nSPS) is 13.3. The maximum Gasteiger partial charge on any atom is 0.407 e. The second kappa shape index (κ2) is 8.98. The number of nitrogens with one attached hydrogen (secondary N) is 1. The molecule has 7 heteroatoms. The number of alkyl carbamates (subject to hydrolysis) is 1. The van der Waals surface area contributed by atoms with Gasteiger partial charge in [0.2, 0.25) is 5.88 Å². The van der Waals surface area contributed by atoms with E-state index in [1.54, 1.807) is 35.2 Å². The van der Waals surface area contributed by atoms with Gasteiger partial charge in [0.1, 0.15) is 11.4 Å². The number of aromatic nitrogens is 1. The first-order chi connectivity index (χ1) is 14.2. The molecule has 0 spiro atoms. The van der Waals surface area contributed by atoms with Crippen LogP contribution in [0.5, 0.6) is 11.6 Å².